The Balaban J connectivity index is 2.02. The molecular weight excluding hydrogens is 504 g/mol. The maximum atomic E-state index is 14.3. The van der Waals surface area contributed by atoms with E-state index in [1.807, 2.05) is 62.4 Å². The Morgan fingerprint density at radius 2 is 1.70 bits per heavy atom. The largest absolute Gasteiger partial charge is 0.444 e. The normalized spacial score (nSPS) is 15.3. The van der Waals surface area contributed by atoms with E-state index >= 15 is 0 Å². The molecule has 0 heterocycles. The first-order valence-electron chi connectivity index (χ1n) is 14.1. The van der Waals surface area contributed by atoms with Gasteiger partial charge in [-0.1, -0.05) is 67.8 Å². The van der Waals surface area contributed by atoms with Crippen LogP contribution in [0.5, 0.6) is 0 Å². The summed E-state index contributed by atoms with van der Waals surface area (Å²) < 4.78 is 5.46. The number of benzene rings is 2. The number of nitriles is 1. The van der Waals surface area contributed by atoms with E-state index in [1.54, 1.807) is 20.8 Å². The van der Waals surface area contributed by atoms with Gasteiger partial charge < -0.3 is 20.3 Å². The van der Waals surface area contributed by atoms with E-state index in [0.717, 1.165) is 48.8 Å². The quantitative estimate of drug-likeness (QED) is 0.416. The summed E-state index contributed by atoms with van der Waals surface area (Å²) in [5.74, 6) is -0.846. The van der Waals surface area contributed by atoms with Crippen LogP contribution < -0.4 is 10.6 Å². The molecule has 0 spiro atoms. The molecule has 8 heteroatoms. The SMILES string of the molecule is Cc1cccc(C(C(=O)NC2CCCCC2)N(CC#N)C(=O)C(Cc2ccccc2)NC(=O)OC(C)(C)C)c1C. The molecule has 0 saturated heterocycles. The first kappa shape index (κ1) is 30.7. The molecule has 0 bridgehead atoms. The van der Waals surface area contributed by atoms with Gasteiger partial charge in [-0.2, -0.15) is 5.26 Å². The lowest BCUT2D eigenvalue weighted by Gasteiger charge is -2.35. The van der Waals surface area contributed by atoms with Gasteiger partial charge in [-0.05, 0) is 69.7 Å². The zero-order valence-electron chi connectivity index (χ0n) is 24.3. The van der Waals surface area contributed by atoms with Gasteiger partial charge in [-0.15, -0.1) is 0 Å². The number of carbonyl (C=O) groups is 3. The summed E-state index contributed by atoms with van der Waals surface area (Å²) in [5.41, 5.74) is 2.57. The minimum atomic E-state index is -1.05. The molecule has 3 rings (SSSR count). The maximum Gasteiger partial charge on any atom is 0.408 e. The zero-order valence-corrected chi connectivity index (χ0v) is 24.3. The summed E-state index contributed by atoms with van der Waals surface area (Å²) in [6, 6.07) is 15.0. The number of nitrogens with zero attached hydrogens (tertiary/aromatic N) is 2. The minimum absolute atomic E-state index is 0.0212. The lowest BCUT2D eigenvalue weighted by molar-refractivity contribution is -0.142. The van der Waals surface area contributed by atoms with E-state index in [4.69, 9.17) is 4.74 Å². The number of hydrogen-bond donors (Lipinski definition) is 2. The van der Waals surface area contributed by atoms with Gasteiger partial charge in [-0.25, -0.2) is 4.79 Å². The van der Waals surface area contributed by atoms with Crippen LogP contribution in [0.2, 0.25) is 0 Å². The van der Waals surface area contributed by atoms with Gasteiger partial charge in [0.2, 0.25) is 11.8 Å². The van der Waals surface area contributed by atoms with Crippen molar-refractivity contribution in [2.24, 2.45) is 0 Å². The Hall–Kier alpha value is -3.86. The molecule has 2 N–H and O–H groups in total. The van der Waals surface area contributed by atoms with Gasteiger partial charge in [0, 0.05) is 12.5 Å². The number of alkyl carbamates (subject to hydrolysis) is 1. The summed E-state index contributed by atoms with van der Waals surface area (Å²) in [5, 5.41) is 15.7. The van der Waals surface area contributed by atoms with Gasteiger partial charge in [0.1, 0.15) is 24.2 Å². The highest BCUT2D eigenvalue weighted by Gasteiger charge is 2.38. The van der Waals surface area contributed by atoms with Crippen LogP contribution >= 0.6 is 0 Å². The standard InChI is InChI=1S/C32H42N4O4/c1-22-13-12-18-26(23(22)2)28(29(37)34-25-16-10-7-11-17-25)36(20-19-33)30(38)27(21-24-14-8-6-9-15-24)35-31(39)40-32(3,4)5/h6,8-9,12-15,18,25,27-28H,7,10-11,16-17,20-21H2,1-5H3,(H,34,37)(H,35,39). The Bertz CT molecular complexity index is 1210. The first-order chi connectivity index (χ1) is 19.0. The van der Waals surface area contributed by atoms with Crippen molar-refractivity contribution >= 4 is 17.9 Å². The average molecular weight is 547 g/mol. The minimum Gasteiger partial charge on any atom is -0.444 e. The third kappa shape index (κ3) is 8.57. The molecule has 8 nitrogen and oxygen atoms in total. The van der Waals surface area contributed by atoms with E-state index in [1.165, 1.54) is 4.90 Å². The summed E-state index contributed by atoms with van der Waals surface area (Å²) in [4.78, 5) is 42.4. The number of nitrogens with one attached hydrogen (secondary N) is 2. The molecule has 1 saturated carbocycles. The third-order valence-electron chi connectivity index (χ3n) is 7.25. The third-order valence-corrected chi connectivity index (χ3v) is 7.25. The predicted molar refractivity (Wildman–Crippen MR) is 154 cm³/mol. The summed E-state index contributed by atoms with van der Waals surface area (Å²) in [6.45, 7) is 8.78. The molecule has 2 unspecified atom stereocenters. The van der Waals surface area contributed by atoms with E-state index in [2.05, 4.69) is 16.7 Å². The van der Waals surface area contributed by atoms with Crippen molar-refractivity contribution in [3.05, 3.63) is 70.8 Å². The smallest absolute Gasteiger partial charge is 0.408 e. The number of carbonyl (C=O) groups excluding carboxylic acids is 3. The molecule has 1 aliphatic carbocycles. The Kier molecular flexibility index (Phi) is 10.7. The van der Waals surface area contributed by atoms with E-state index in [9.17, 15) is 19.6 Å². The number of amides is 3. The van der Waals surface area contributed by atoms with Crippen LogP contribution in [0.25, 0.3) is 0 Å². The van der Waals surface area contributed by atoms with Crippen molar-refractivity contribution in [1.82, 2.24) is 15.5 Å². The second kappa shape index (κ2) is 14.0. The lowest BCUT2D eigenvalue weighted by Crippen LogP contribution is -2.54. The highest BCUT2D eigenvalue weighted by atomic mass is 16.6. The summed E-state index contributed by atoms with van der Waals surface area (Å²) >= 11 is 0. The molecule has 0 radical (unpaired) electrons. The van der Waals surface area contributed by atoms with Gasteiger partial charge >= 0.3 is 6.09 Å². The summed E-state index contributed by atoms with van der Waals surface area (Å²) in [7, 11) is 0. The molecule has 3 amide bonds. The van der Waals surface area contributed by atoms with Gasteiger partial charge in [0.25, 0.3) is 0 Å². The monoisotopic (exact) mass is 546 g/mol. The van der Waals surface area contributed by atoms with Crippen molar-refractivity contribution in [1.29, 1.82) is 5.26 Å². The topological polar surface area (TPSA) is 112 Å². The molecule has 2 aromatic carbocycles. The molecule has 2 aromatic rings. The van der Waals surface area contributed by atoms with Crippen LogP contribution in [0, 0.1) is 25.2 Å². The fourth-order valence-electron chi connectivity index (χ4n) is 5.12. The molecule has 2 atom stereocenters. The number of rotatable bonds is 9. The first-order valence-corrected chi connectivity index (χ1v) is 14.1. The van der Waals surface area contributed by atoms with Crippen LogP contribution in [-0.2, 0) is 20.7 Å². The predicted octanol–water partition coefficient (Wildman–Crippen LogP) is 5.28. The van der Waals surface area contributed by atoms with Crippen molar-refractivity contribution in [2.45, 2.75) is 96.9 Å². The van der Waals surface area contributed by atoms with E-state index in [0.29, 0.717) is 5.56 Å². The van der Waals surface area contributed by atoms with Crippen LogP contribution in [-0.4, -0.2) is 47.0 Å². The zero-order chi connectivity index (χ0) is 29.3. The molecule has 0 aromatic heterocycles. The molecular formula is C32H42N4O4. The van der Waals surface area contributed by atoms with Crippen molar-refractivity contribution in [2.75, 3.05) is 6.54 Å². The van der Waals surface area contributed by atoms with E-state index in [-0.39, 0.29) is 24.9 Å². The van der Waals surface area contributed by atoms with E-state index < -0.39 is 29.7 Å². The highest BCUT2D eigenvalue weighted by Crippen LogP contribution is 2.28. The molecule has 1 fully saturated rings. The molecule has 1 aliphatic rings. The van der Waals surface area contributed by atoms with Gasteiger partial charge in [0.05, 0.1) is 6.07 Å². The molecule has 40 heavy (non-hydrogen) atoms. The van der Waals surface area contributed by atoms with Crippen LogP contribution in [0.1, 0.15) is 81.2 Å². The fraction of sp³-hybridized carbons (Fsp3) is 0.500. The lowest BCUT2D eigenvalue weighted by atomic mass is 9.92. The van der Waals surface area contributed by atoms with Crippen molar-refractivity contribution in [3.63, 3.8) is 0 Å². The summed E-state index contributed by atoms with van der Waals surface area (Å²) in [6.07, 6.45) is 4.42. The Labute approximate surface area is 238 Å². The Morgan fingerprint density at radius 1 is 1.02 bits per heavy atom. The van der Waals surface area contributed by atoms with Gasteiger partial charge in [-0.3, -0.25) is 9.59 Å². The number of hydrogen-bond acceptors (Lipinski definition) is 5. The fourth-order valence-corrected chi connectivity index (χ4v) is 5.12. The highest BCUT2D eigenvalue weighted by molar-refractivity contribution is 5.92. The van der Waals surface area contributed by atoms with Gasteiger partial charge in [0.15, 0.2) is 0 Å². The molecule has 0 aliphatic heterocycles. The second-order valence-electron chi connectivity index (χ2n) is 11.5. The second-order valence-corrected chi connectivity index (χ2v) is 11.5. The average Bonchev–Trinajstić information content (AvgIpc) is 2.90. The van der Waals surface area contributed by atoms with Crippen LogP contribution in [0.4, 0.5) is 4.79 Å². The van der Waals surface area contributed by atoms with Crippen LogP contribution in [0.15, 0.2) is 48.5 Å². The van der Waals surface area contributed by atoms with Crippen LogP contribution in [0.3, 0.4) is 0 Å². The molecule has 214 valence electrons. The van der Waals surface area contributed by atoms with Crippen molar-refractivity contribution < 1.29 is 19.1 Å². The Morgan fingerprint density at radius 3 is 2.33 bits per heavy atom. The number of aryl methyl sites for hydroxylation is 1. The maximum absolute atomic E-state index is 14.3. The number of ether oxygens (including phenoxy) is 1. The van der Waals surface area contributed by atoms with Crippen molar-refractivity contribution in [3.8, 4) is 6.07 Å².